The fraction of sp³-hybridized carbons (Fsp3) is 0.208. The molecule has 0 aliphatic carbocycles. The summed E-state index contributed by atoms with van der Waals surface area (Å²) < 4.78 is 3.88. The van der Waals surface area contributed by atoms with Gasteiger partial charge in [-0.3, -0.25) is 9.20 Å². The summed E-state index contributed by atoms with van der Waals surface area (Å²) in [6.45, 7) is 10.1. The van der Waals surface area contributed by atoms with E-state index in [1.54, 1.807) is 35.9 Å². The third-order valence-electron chi connectivity index (χ3n) is 5.41. The van der Waals surface area contributed by atoms with Gasteiger partial charge in [0.1, 0.15) is 11.3 Å². The number of aryl methyl sites for hydroxylation is 4. The largest absolute Gasteiger partial charge is 0.318 e. The zero-order valence-electron chi connectivity index (χ0n) is 18.2. The molecule has 3 aromatic heterocycles. The number of carbonyl (C=O) groups is 1. The Kier molecular flexibility index (Phi) is 5.41. The van der Waals surface area contributed by atoms with Crippen LogP contribution in [0.15, 0.2) is 47.7 Å². The number of benzene rings is 1. The zero-order valence-corrected chi connectivity index (χ0v) is 18.9. The highest BCUT2D eigenvalue weighted by atomic mass is 35.5. The topological polar surface area (TPSA) is 63.7 Å². The number of hydrogen-bond acceptors (Lipinski definition) is 3. The average molecular weight is 434 g/mol. The monoisotopic (exact) mass is 433 g/mol. The predicted octanol–water partition coefficient (Wildman–Crippen LogP) is 5.08. The fourth-order valence-electron chi connectivity index (χ4n) is 3.97. The number of pyridine rings is 1. The van der Waals surface area contributed by atoms with E-state index >= 15 is 0 Å². The van der Waals surface area contributed by atoms with E-state index < -0.39 is 0 Å². The van der Waals surface area contributed by atoms with Crippen molar-refractivity contribution in [2.24, 2.45) is 5.10 Å². The molecule has 4 aromatic rings. The van der Waals surface area contributed by atoms with Crippen molar-refractivity contribution in [2.75, 3.05) is 0 Å². The Morgan fingerprint density at radius 2 is 1.87 bits per heavy atom. The Hall–Kier alpha value is -3.38. The lowest BCUT2D eigenvalue weighted by Gasteiger charge is -2.13. The molecule has 0 aliphatic rings. The summed E-state index contributed by atoms with van der Waals surface area (Å²) >= 11 is 6.08. The molecule has 0 bridgehead atoms. The second-order valence-electron chi connectivity index (χ2n) is 7.77. The molecule has 0 atom stereocenters. The maximum absolute atomic E-state index is 12.8. The van der Waals surface area contributed by atoms with Crippen molar-refractivity contribution in [2.45, 2.75) is 34.6 Å². The van der Waals surface area contributed by atoms with E-state index in [-0.39, 0.29) is 5.91 Å². The average Bonchev–Trinajstić information content (AvgIpc) is 3.17. The molecule has 31 heavy (non-hydrogen) atoms. The number of carbonyl (C=O) groups excluding carboxylic acids is 1. The van der Waals surface area contributed by atoms with Gasteiger partial charge in [0.2, 0.25) is 0 Å². The first-order valence-electron chi connectivity index (χ1n) is 10.0. The first-order valence-corrected chi connectivity index (χ1v) is 10.4. The summed E-state index contributed by atoms with van der Waals surface area (Å²) in [6, 6.07) is 12.0. The van der Waals surface area contributed by atoms with E-state index in [1.165, 1.54) is 11.1 Å². The molecule has 1 N–H and O–H groups in total. The number of nitrogens with one attached hydrogen (secondary N) is 1. The minimum atomic E-state index is -0.341. The molecule has 0 unspecified atom stereocenters. The second-order valence-corrected chi connectivity index (χ2v) is 8.21. The van der Waals surface area contributed by atoms with Crippen LogP contribution in [0, 0.1) is 34.6 Å². The first kappa shape index (κ1) is 20.9. The first-order chi connectivity index (χ1) is 14.8. The van der Waals surface area contributed by atoms with Gasteiger partial charge in [-0.25, -0.2) is 10.4 Å². The van der Waals surface area contributed by atoms with Gasteiger partial charge >= 0.3 is 0 Å². The molecule has 4 rings (SSSR count). The molecule has 0 fully saturated rings. The summed E-state index contributed by atoms with van der Waals surface area (Å²) in [5, 5.41) is 4.73. The zero-order chi connectivity index (χ0) is 22.3. The van der Waals surface area contributed by atoms with Gasteiger partial charge in [-0.05, 0) is 64.4 Å². The highest BCUT2D eigenvalue weighted by Gasteiger charge is 2.17. The van der Waals surface area contributed by atoms with Crippen molar-refractivity contribution in [3.8, 4) is 5.69 Å². The Bertz CT molecular complexity index is 1350. The maximum Gasteiger partial charge on any atom is 0.290 e. The van der Waals surface area contributed by atoms with E-state index in [0.717, 1.165) is 22.6 Å². The van der Waals surface area contributed by atoms with Crippen molar-refractivity contribution in [3.63, 3.8) is 0 Å². The molecular weight excluding hydrogens is 410 g/mol. The Morgan fingerprint density at radius 1 is 1.10 bits per heavy atom. The number of nitrogens with zero attached hydrogens (tertiary/aromatic N) is 4. The van der Waals surface area contributed by atoms with Gasteiger partial charge in [0, 0.05) is 28.8 Å². The summed E-state index contributed by atoms with van der Waals surface area (Å²) in [6.07, 6.45) is 3.35. The van der Waals surface area contributed by atoms with Crippen molar-refractivity contribution in [1.29, 1.82) is 0 Å². The lowest BCUT2D eigenvalue weighted by molar-refractivity contribution is 0.0948. The van der Waals surface area contributed by atoms with E-state index in [9.17, 15) is 4.79 Å². The number of hydrogen-bond donors (Lipinski definition) is 1. The fourth-order valence-corrected chi connectivity index (χ4v) is 4.13. The van der Waals surface area contributed by atoms with E-state index in [4.69, 9.17) is 11.6 Å². The van der Waals surface area contributed by atoms with Crippen LogP contribution in [0.3, 0.4) is 0 Å². The van der Waals surface area contributed by atoms with Gasteiger partial charge in [0.15, 0.2) is 0 Å². The van der Waals surface area contributed by atoms with Gasteiger partial charge in [-0.15, -0.1) is 0 Å². The molecule has 0 aliphatic heterocycles. The van der Waals surface area contributed by atoms with Crippen LogP contribution in [-0.2, 0) is 0 Å². The van der Waals surface area contributed by atoms with Crippen LogP contribution in [0.2, 0.25) is 5.02 Å². The summed E-state index contributed by atoms with van der Waals surface area (Å²) in [4.78, 5) is 17.2. The number of hydrazone groups is 1. The summed E-state index contributed by atoms with van der Waals surface area (Å²) in [5.74, 6) is -0.341. The Balaban J connectivity index is 1.60. The predicted molar refractivity (Wildman–Crippen MR) is 125 cm³/mol. The minimum Gasteiger partial charge on any atom is -0.318 e. The smallest absolute Gasteiger partial charge is 0.290 e. The van der Waals surface area contributed by atoms with Crippen LogP contribution >= 0.6 is 11.6 Å². The quantitative estimate of drug-likeness (QED) is 0.360. The lowest BCUT2D eigenvalue weighted by atomic mass is 10.1. The number of amides is 1. The van der Waals surface area contributed by atoms with Crippen molar-refractivity contribution >= 4 is 29.4 Å². The Labute approximate surface area is 186 Å². The van der Waals surface area contributed by atoms with Gasteiger partial charge in [0.25, 0.3) is 5.91 Å². The number of aromatic nitrogens is 3. The van der Waals surface area contributed by atoms with Crippen LogP contribution in [0.4, 0.5) is 0 Å². The molecule has 0 saturated carbocycles. The van der Waals surface area contributed by atoms with Crippen LogP contribution in [0.25, 0.3) is 11.3 Å². The van der Waals surface area contributed by atoms with Gasteiger partial charge in [-0.1, -0.05) is 29.3 Å². The van der Waals surface area contributed by atoms with Gasteiger partial charge in [0.05, 0.1) is 16.9 Å². The third-order valence-corrected chi connectivity index (χ3v) is 5.63. The van der Waals surface area contributed by atoms with Crippen molar-refractivity contribution in [1.82, 2.24) is 19.4 Å². The summed E-state index contributed by atoms with van der Waals surface area (Å²) in [7, 11) is 0. The second kappa shape index (κ2) is 8.04. The molecule has 6 nitrogen and oxygen atoms in total. The van der Waals surface area contributed by atoms with Gasteiger partial charge < -0.3 is 4.57 Å². The molecule has 0 radical (unpaired) electrons. The van der Waals surface area contributed by atoms with E-state index in [0.29, 0.717) is 22.1 Å². The van der Waals surface area contributed by atoms with E-state index in [2.05, 4.69) is 65.1 Å². The Morgan fingerprint density at radius 3 is 2.61 bits per heavy atom. The number of fused-ring (bicyclic) bond motifs is 1. The summed E-state index contributed by atoms with van der Waals surface area (Å²) in [5.41, 5.74) is 11.0. The molecule has 7 heteroatoms. The number of imidazole rings is 1. The van der Waals surface area contributed by atoms with Crippen LogP contribution in [-0.4, -0.2) is 26.1 Å². The highest BCUT2D eigenvalue weighted by Crippen LogP contribution is 2.23. The van der Waals surface area contributed by atoms with Crippen LogP contribution < -0.4 is 5.43 Å². The molecular formula is C24H24ClN5O. The lowest BCUT2D eigenvalue weighted by Crippen LogP contribution is -2.20. The third kappa shape index (κ3) is 3.86. The standard InChI is InChI=1S/C24H24ClN5O/c1-14-6-8-21(15(2)10-14)30-16(3)11-19(18(30)5)12-26-28-24(31)23-17(4)27-22-9-7-20(25)13-29(22)23/h6-13H,1-5H3,(H,28,31)/b26-12-. The number of halogens is 1. The molecule has 1 aromatic carbocycles. The van der Waals surface area contributed by atoms with E-state index in [1.807, 2.05) is 6.92 Å². The molecule has 158 valence electrons. The normalized spacial score (nSPS) is 11.5. The molecule has 3 heterocycles. The van der Waals surface area contributed by atoms with Crippen molar-refractivity contribution < 1.29 is 4.79 Å². The van der Waals surface area contributed by atoms with Crippen molar-refractivity contribution in [3.05, 3.63) is 87.1 Å². The highest BCUT2D eigenvalue weighted by molar-refractivity contribution is 6.30. The molecule has 0 saturated heterocycles. The minimum absolute atomic E-state index is 0.341. The molecule has 0 spiro atoms. The van der Waals surface area contributed by atoms with Crippen LogP contribution in [0.1, 0.15) is 44.3 Å². The van der Waals surface area contributed by atoms with Gasteiger partial charge in [-0.2, -0.15) is 5.10 Å². The van der Waals surface area contributed by atoms with Crippen LogP contribution in [0.5, 0.6) is 0 Å². The SMILES string of the molecule is Cc1ccc(-n2c(C)cc(/C=N\NC(=O)c3c(C)nc4ccc(Cl)cn34)c2C)c(C)c1. The molecule has 1 amide bonds. The number of rotatable bonds is 4. The maximum atomic E-state index is 12.8.